The second-order valence-corrected chi connectivity index (χ2v) is 5.46. The van der Waals surface area contributed by atoms with Gasteiger partial charge in [0.2, 0.25) is 5.88 Å². The zero-order valence-electron chi connectivity index (χ0n) is 13.3. The topological polar surface area (TPSA) is 104 Å². The van der Waals surface area contributed by atoms with Crippen molar-refractivity contribution < 1.29 is 19.4 Å². The lowest BCUT2D eigenvalue weighted by atomic mass is 9.85. The largest absolute Gasteiger partial charge is 0.481 e. The number of carbonyl (C=O) groups excluding carboxylic acids is 1. The van der Waals surface area contributed by atoms with E-state index in [1.54, 1.807) is 18.3 Å². The van der Waals surface area contributed by atoms with E-state index in [9.17, 15) is 9.59 Å². The molecule has 0 bridgehead atoms. The Labute approximate surface area is 134 Å². The van der Waals surface area contributed by atoms with Crippen LogP contribution in [0.1, 0.15) is 19.8 Å². The number of nitrogens with zero attached hydrogens (tertiary/aromatic N) is 2. The van der Waals surface area contributed by atoms with Crippen molar-refractivity contribution in [1.29, 1.82) is 0 Å². The van der Waals surface area contributed by atoms with Gasteiger partial charge in [-0.3, -0.25) is 9.69 Å². The maximum atomic E-state index is 11.9. The van der Waals surface area contributed by atoms with Crippen LogP contribution >= 0.6 is 0 Å². The van der Waals surface area contributed by atoms with Crippen LogP contribution in [0.3, 0.4) is 0 Å². The number of rotatable bonds is 7. The molecule has 0 aliphatic heterocycles. The van der Waals surface area contributed by atoms with Crippen LogP contribution in [0.2, 0.25) is 0 Å². The van der Waals surface area contributed by atoms with E-state index in [0.717, 1.165) is 12.8 Å². The summed E-state index contributed by atoms with van der Waals surface area (Å²) >= 11 is 0. The molecule has 0 spiro atoms. The van der Waals surface area contributed by atoms with Crippen LogP contribution in [0.5, 0.6) is 5.88 Å². The zero-order valence-corrected chi connectivity index (χ0v) is 13.3. The molecule has 0 saturated heterocycles. The number of hydrogen-bond donors (Lipinski definition) is 3. The van der Waals surface area contributed by atoms with E-state index >= 15 is 0 Å². The molecule has 2 amide bonds. The minimum absolute atomic E-state index is 0.0386. The number of carbonyl (C=O) groups is 2. The van der Waals surface area contributed by atoms with Gasteiger partial charge in [0, 0.05) is 30.0 Å². The molecule has 1 aliphatic carbocycles. The SMILES string of the molecule is CCN(CC(=O)O)C1CC(NC(=O)Nc2ccnc(OC)c2)C1. The highest BCUT2D eigenvalue weighted by atomic mass is 16.5. The summed E-state index contributed by atoms with van der Waals surface area (Å²) in [4.78, 5) is 28.6. The highest BCUT2D eigenvalue weighted by Gasteiger charge is 2.34. The predicted molar refractivity (Wildman–Crippen MR) is 84.6 cm³/mol. The van der Waals surface area contributed by atoms with Gasteiger partial charge in [0.15, 0.2) is 0 Å². The van der Waals surface area contributed by atoms with E-state index < -0.39 is 5.97 Å². The lowest BCUT2D eigenvalue weighted by molar-refractivity contribution is -0.139. The molecule has 2 rings (SSSR count). The van der Waals surface area contributed by atoms with Crippen LogP contribution in [-0.4, -0.2) is 59.3 Å². The zero-order chi connectivity index (χ0) is 16.8. The Hall–Kier alpha value is -2.35. The smallest absolute Gasteiger partial charge is 0.319 e. The molecule has 1 heterocycles. The van der Waals surface area contributed by atoms with Crippen LogP contribution in [0.25, 0.3) is 0 Å². The number of likely N-dealkylation sites (N-methyl/N-ethyl adjacent to an activating group) is 1. The molecule has 0 radical (unpaired) electrons. The number of nitrogens with one attached hydrogen (secondary N) is 2. The van der Waals surface area contributed by atoms with Crippen molar-refractivity contribution in [2.75, 3.05) is 25.5 Å². The van der Waals surface area contributed by atoms with Gasteiger partial charge < -0.3 is 20.5 Å². The van der Waals surface area contributed by atoms with Crippen molar-refractivity contribution in [3.63, 3.8) is 0 Å². The van der Waals surface area contributed by atoms with Gasteiger partial charge in [-0.05, 0) is 25.5 Å². The third-order valence-electron chi connectivity index (χ3n) is 3.91. The summed E-state index contributed by atoms with van der Waals surface area (Å²) in [6, 6.07) is 3.30. The Morgan fingerprint density at radius 3 is 2.83 bits per heavy atom. The fraction of sp³-hybridized carbons (Fsp3) is 0.533. The van der Waals surface area contributed by atoms with Gasteiger partial charge in [-0.1, -0.05) is 6.92 Å². The Balaban J connectivity index is 1.76. The van der Waals surface area contributed by atoms with Gasteiger partial charge in [-0.15, -0.1) is 0 Å². The second kappa shape index (κ2) is 7.77. The van der Waals surface area contributed by atoms with E-state index in [1.807, 2.05) is 11.8 Å². The normalized spacial score (nSPS) is 19.8. The maximum Gasteiger partial charge on any atom is 0.319 e. The van der Waals surface area contributed by atoms with Crippen LogP contribution in [0.4, 0.5) is 10.5 Å². The van der Waals surface area contributed by atoms with Gasteiger partial charge in [-0.2, -0.15) is 0 Å². The Bertz CT molecular complexity index is 560. The molecular weight excluding hydrogens is 300 g/mol. The van der Waals surface area contributed by atoms with Crippen LogP contribution in [-0.2, 0) is 4.79 Å². The first-order valence-electron chi connectivity index (χ1n) is 7.55. The van der Waals surface area contributed by atoms with Gasteiger partial charge >= 0.3 is 12.0 Å². The van der Waals surface area contributed by atoms with Gasteiger partial charge in [0.05, 0.1) is 13.7 Å². The van der Waals surface area contributed by atoms with Crippen molar-refractivity contribution in [1.82, 2.24) is 15.2 Å². The number of pyridine rings is 1. The molecule has 23 heavy (non-hydrogen) atoms. The number of carboxylic acids is 1. The lowest BCUT2D eigenvalue weighted by Crippen LogP contribution is -2.55. The third-order valence-corrected chi connectivity index (χ3v) is 3.91. The monoisotopic (exact) mass is 322 g/mol. The summed E-state index contributed by atoms with van der Waals surface area (Å²) in [7, 11) is 1.51. The maximum absolute atomic E-state index is 11.9. The first-order valence-corrected chi connectivity index (χ1v) is 7.55. The quantitative estimate of drug-likeness (QED) is 0.696. The number of urea groups is 1. The highest BCUT2D eigenvalue weighted by molar-refractivity contribution is 5.89. The lowest BCUT2D eigenvalue weighted by Gasteiger charge is -2.42. The number of anilines is 1. The summed E-state index contributed by atoms with van der Waals surface area (Å²) in [6.45, 7) is 2.66. The Kier molecular flexibility index (Phi) is 5.75. The molecule has 8 heteroatoms. The number of hydrogen-bond acceptors (Lipinski definition) is 5. The molecule has 0 aromatic carbocycles. The summed E-state index contributed by atoms with van der Waals surface area (Å²) in [5, 5.41) is 14.5. The van der Waals surface area contributed by atoms with Crippen molar-refractivity contribution in [2.45, 2.75) is 31.8 Å². The predicted octanol–water partition coefficient (Wildman–Crippen LogP) is 1.15. The van der Waals surface area contributed by atoms with Crippen molar-refractivity contribution in [2.24, 2.45) is 0 Å². The number of carboxylic acid groups (broad SMARTS) is 1. The van der Waals surface area contributed by atoms with Gasteiger partial charge in [-0.25, -0.2) is 9.78 Å². The van der Waals surface area contributed by atoms with Gasteiger partial charge in [0.1, 0.15) is 0 Å². The summed E-state index contributed by atoms with van der Waals surface area (Å²) in [6.07, 6.45) is 3.07. The van der Waals surface area contributed by atoms with Crippen LogP contribution in [0, 0.1) is 0 Å². The van der Waals surface area contributed by atoms with E-state index in [2.05, 4.69) is 15.6 Å². The number of ether oxygens (including phenoxy) is 1. The van der Waals surface area contributed by atoms with Crippen LogP contribution in [0.15, 0.2) is 18.3 Å². The molecule has 1 aromatic rings. The molecule has 1 aliphatic rings. The number of aliphatic carboxylic acids is 1. The number of aromatic nitrogens is 1. The van der Waals surface area contributed by atoms with E-state index in [1.165, 1.54) is 7.11 Å². The molecule has 126 valence electrons. The van der Waals surface area contributed by atoms with Crippen LogP contribution < -0.4 is 15.4 Å². The Morgan fingerprint density at radius 1 is 1.48 bits per heavy atom. The molecule has 8 nitrogen and oxygen atoms in total. The summed E-state index contributed by atoms with van der Waals surface area (Å²) in [5.74, 6) is -0.397. The fourth-order valence-electron chi connectivity index (χ4n) is 2.63. The molecule has 3 N–H and O–H groups in total. The average Bonchev–Trinajstić information content (AvgIpc) is 2.48. The highest BCUT2D eigenvalue weighted by Crippen LogP contribution is 2.25. The minimum Gasteiger partial charge on any atom is -0.481 e. The van der Waals surface area contributed by atoms with E-state index in [-0.39, 0.29) is 24.7 Å². The molecule has 1 saturated carbocycles. The van der Waals surface area contributed by atoms with Gasteiger partial charge in [0.25, 0.3) is 0 Å². The molecule has 1 fully saturated rings. The van der Waals surface area contributed by atoms with E-state index in [4.69, 9.17) is 9.84 Å². The van der Waals surface area contributed by atoms with E-state index in [0.29, 0.717) is 18.1 Å². The Morgan fingerprint density at radius 2 is 2.22 bits per heavy atom. The second-order valence-electron chi connectivity index (χ2n) is 5.46. The molecule has 1 aromatic heterocycles. The first kappa shape index (κ1) is 17.0. The summed E-state index contributed by atoms with van der Waals surface area (Å²) < 4.78 is 5.00. The fourth-order valence-corrected chi connectivity index (χ4v) is 2.63. The number of methoxy groups -OCH3 is 1. The van der Waals surface area contributed by atoms with Crippen molar-refractivity contribution >= 4 is 17.7 Å². The third kappa shape index (κ3) is 4.82. The molecular formula is C15H22N4O4. The average molecular weight is 322 g/mol. The molecule has 0 atom stereocenters. The first-order chi connectivity index (χ1) is 11.0. The van der Waals surface area contributed by atoms with Crippen molar-refractivity contribution in [3.8, 4) is 5.88 Å². The number of amides is 2. The van der Waals surface area contributed by atoms with Crippen molar-refractivity contribution in [3.05, 3.63) is 18.3 Å². The minimum atomic E-state index is -0.826. The molecule has 0 unspecified atom stereocenters. The summed E-state index contributed by atoms with van der Waals surface area (Å²) in [5.41, 5.74) is 0.603. The standard InChI is InChI=1S/C15H22N4O4/c1-3-19(9-14(20)21)12-6-11(7-12)18-15(22)17-10-4-5-16-13(8-10)23-2/h4-5,8,11-12H,3,6-7,9H2,1-2H3,(H,20,21)(H2,16,17,18,22).